The first-order chi connectivity index (χ1) is 15.1. The second-order valence-electron chi connectivity index (χ2n) is 6.70. The fourth-order valence-corrected chi connectivity index (χ4v) is 4.27. The number of methoxy groups -OCH3 is 1. The first-order valence-electron chi connectivity index (χ1n) is 9.48. The molecule has 8 heteroatoms. The SMILES string of the molecule is COc1ccc(-n2c(SCC(O)c3ccc(F)cc3)nnc2-c2ccccc2)cc1Cl. The summed E-state index contributed by atoms with van der Waals surface area (Å²) in [5.41, 5.74) is 2.30. The topological polar surface area (TPSA) is 60.2 Å². The molecule has 5 nitrogen and oxygen atoms in total. The Hall–Kier alpha value is -2.87. The molecule has 0 saturated carbocycles. The van der Waals surface area contributed by atoms with Gasteiger partial charge in [0.25, 0.3) is 0 Å². The van der Waals surface area contributed by atoms with Gasteiger partial charge < -0.3 is 9.84 Å². The molecule has 1 unspecified atom stereocenters. The molecular formula is C23H19ClFN3O2S. The number of thioether (sulfide) groups is 1. The second-order valence-corrected chi connectivity index (χ2v) is 8.10. The first kappa shape index (κ1) is 21.4. The zero-order valence-corrected chi connectivity index (χ0v) is 18.1. The molecule has 1 aromatic heterocycles. The fourth-order valence-electron chi connectivity index (χ4n) is 3.10. The molecule has 4 aromatic rings. The van der Waals surface area contributed by atoms with Gasteiger partial charge in [0, 0.05) is 11.3 Å². The van der Waals surface area contributed by atoms with E-state index in [9.17, 15) is 9.50 Å². The van der Waals surface area contributed by atoms with Crippen molar-refractivity contribution in [3.63, 3.8) is 0 Å². The third kappa shape index (κ3) is 4.74. The summed E-state index contributed by atoms with van der Waals surface area (Å²) in [6, 6.07) is 21.0. The number of hydrogen-bond donors (Lipinski definition) is 1. The average molecular weight is 456 g/mol. The van der Waals surface area contributed by atoms with E-state index in [0.717, 1.165) is 11.3 Å². The van der Waals surface area contributed by atoms with Crippen LogP contribution in [0.5, 0.6) is 5.75 Å². The van der Waals surface area contributed by atoms with Crippen LogP contribution in [0.15, 0.2) is 78.0 Å². The van der Waals surface area contributed by atoms with Crippen molar-refractivity contribution in [2.45, 2.75) is 11.3 Å². The van der Waals surface area contributed by atoms with Crippen LogP contribution in [0.2, 0.25) is 5.02 Å². The van der Waals surface area contributed by atoms with E-state index in [1.54, 1.807) is 31.4 Å². The summed E-state index contributed by atoms with van der Waals surface area (Å²) in [7, 11) is 1.56. The number of aliphatic hydroxyl groups excluding tert-OH is 1. The molecule has 1 heterocycles. The summed E-state index contributed by atoms with van der Waals surface area (Å²) < 4.78 is 20.3. The van der Waals surface area contributed by atoms with Crippen LogP contribution < -0.4 is 4.74 Å². The maximum atomic E-state index is 13.2. The summed E-state index contributed by atoms with van der Waals surface area (Å²) in [5, 5.41) is 20.3. The predicted molar refractivity (Wildman–Crippen MR) is 120 cm³/mol. The van der Waals surface area contributed by atoms with Crippen LogP contribution in [-0.2, 0) is 0 Å². The van der Waals surface area contributed by atoms with Crippen LogP contribution in [0.1, 0.15) is 11.7 Å². The standard InChI is InChI=1S/C23H19ClFN3O2S/c1-30-21-12-11-18(13-19(21)24)28-22(16-5-3-2-4-6-16)26-27-23(28)31-14-20(29)15-7-9-17(25)10-8-15/h2-13,20,29H,14H2,1H3. The lowest BCUT2D eigenvalue weighted by atomic mass is 10.1. The Balaban J connectivity index is 1.68. The Morgan fingerprint density at radius 3 is 2.48 bits per heavy atom. The number of hydrogen-bond acceptors (Lipinski definition) is 5. The van der Waals surface area contributed by atoms with Crippen molar-refractivity contribution in [2.75, 3.05) is 12.9 Å². The van der Waals surface area contributed by atoms with Gasteiger partial charge in [-0.05, 0) is 35.9 Å². The lowest BCUT2D eigenvalue weighted by Crippen LogP contribution is -2.04. The Morgan fingerprint density at radius 1 is 1.06 bits per heavy atom. The molecule has 0 aliphatic carbocycles. The van der Waals surface area contributed by atoms with Gasteiger partial charge in [-0.25, -0.2) is 4.39 Å². The Morgan fingerprint density at radius 2 is 1.81 bits per heavy atom. The number of ether oxygens (including phenoxy) is 1. The van der Waals surface area contributed by atoms with Crippen LogP contribution in [0.25, 0.3) is 17.1 Å². The van der Waals surface area contributed by atoms with Crippen molar-refractivity contribution in [3.05, 3.63) is 89.2 Å². The smallest absolute Gasteiger partial charge is 0.196 e. The molecule has 0 bridgehead atoms. The number of aromatic nitrogens is 3. The summed E-state index contributed by atoms with van der Waals surface area (Å²) in [5.74, 6) is 1.20. The lowest BCUT2D eigenvalue weighted by Gasteiger charge is -2.14. The first-order valence-corrected chi connectivity index (χ1v) is 10.8. The summed E-state index contributed by atoms with van der Waals surface area (Å²) in [6.45, 7) is 0. The zero-order valence-electron chi connectivity index (χ0n) is 16.6. The van der Waals surface area contributed by atoms with Gasteiger partial charge in [-0.15, -0.1) is 10.2 Å². The Kier molecular flexibility index (Phi) is 6.56. The molecule has 3 aromatic carbocycles. The van der Waals surface area contributed by atoms with Crippen molar-refractivity contribution >= 4 is 23.4 Å². The maximum Gasteiger partial charge on any atom is 0.196 e. The van der Waals surface area contributed by atoms with Gasteiger partial charge in [-0.3, -0.25) is 4.57 Å². The highest BCUT2D eigenvalue weighted by Gasteiger charge is 2.19. The minimum Gasteiger partial charge on any atom is -0.495 e. The molecule has 0 aliphatic rings. The quantitative estimate of drug-likeness (QED) is 0.369. The van der Waals surface area contributed by atoms with E-state index < -0.39 is 6.10 Å². The van der Waals surface area contributed by atoms with E-state index in [-0.39, 0.29) is 5.82 Å². The van der Waals surface area contributed by atoms with E-state index >= 15 is 0 Å². The Bertz CT molecular complexity index is 1170. The van der Waals surface area contributed by atoms with Gasteiger partial charge in [-0.1, -0.05) is 65.8 Å². The van der Waals surface area contributed by atoms with Crippen molar-refractivity contribution in [3.8, 4) is 22.8 Å². The minimum atomic E-state index is -0.782. The molecule has 31 heavy (non-hydrogen) atoms. The molecule has 0 aliphatic heterocycles. The molecule has 0 fully saturated rings. The average Bonchev–Trinajstić information content (AvgIpc) is 3.22. The fraction of sp³-hybridized carbons (Fsp3) is 0.130. The highest BCUT2D eigenvalue weighted by atomic mass is 35.5. The number of nitrogens with zero attached hydrogens (tertiary/aromatic N) is 3. The van der Waals surface area contributed by atoms with Crippen LogP contribution >= 0.6 is 23.4 Å². The molecule has 1 atom stereocenters. The number of aliphatic hydroxyl groups is 1. The maximum absolute atomic E-state index is 13.2. The van der Waals surface area contributed by atoms with Gasteiger partial charge in [-0.2, -0.15) is 0 Å². The summed E-state index contributed by atoms with van der Waals surface area (Å²) in [6.07, 6.45) is -0.782. The molecule has 0 amide bonds. The van der Waals surface area contributed by atoms with E-state index in [4.69, 9.17) is 16.3 Å². The molecule has 4 rings (SSSR count). The minimum absolute atomic E-state index is 0.322. The van der Waals surface area contributed by atoms with Crippen molar-refractivity contribution < 1.29 is 14.2 Å². The van der Waals surface area contributed by atoms with E-state index in [2.05, 4.69) is 10.2 Å². The van der Waals surface area contributed by atoms with E-state index in [1.165, 1.54) is 23.9 Å². The Labute approximate surface area is 188 Å². The van der Waals surface area contributed by atoms with Gasteiger partial charge in [0.1, 0.15) is 11.6 Å². The lowest BCUT2D eigenvalue weighted by molar-refractivity contribution is 0.204. The van der Waals surface area contributed by atoms with Crippen LogP contribution in [0, 0.1) is 5.82 Å². The van der Waals surface area contributed by atoms with Gasteiger partial charge in [0.05, 0.1) is 23.9 Å². The molecule has 158 valence electrons. The molecule has 0 saturated heterocycles. The van der Waals surface area contributed by atoms with Crippen LogP contribution in [-0.4, -0.2) is 32.7 Å². The summed E-state index contributed by atoms with van der Waals surface area (Å²) in [4.78, 5) is 0. The highest BCUT2D eigenvalue weighted by molar-refractivity contribution is 7.99. The van der Waals surface area contributed by atoms with E-state index in [0.29, 0.717) is 33.1 Å². The van der Waals surface area contributed by atoms with Gasteiger partial charge in [0.15, 0.2) is 11.0 Å². The van der Waals surface area contributed by atoms with Crippen molar-refractivity contribution in [1.82, 2.24) is 14.8 Å². The van der Waals surface area contributed by atoms with Crippen molar-refractivity contribution in [1.29, 1.82) is 0 Å². The third-order valence-corrected chi connectivity index (χ3v) is 5.98. The van der Waals surface area contributed by atoms with Crippen LogP contribution in [0.3, 0.4) is 0 Å². The highest BCUT2D eigenvalue weighted by Crippen LogP contribution is 2.33. The largest absolute Gasteiger partial charge is 0.495 e. The molecule has 0 radical (unpaired) electrons. The van der Waals surface area contributed by atoms with Gasteiger partial charge >= 0.3 is 0 Å². The van der Waals surface area contributed by atoms with Gasteiger partial charge in [0.2, 0.25) is 0 Å². The van der Waals surface area contributed by atoms with E-state index in [1.807, 2.05) is 41.0 Å². The summed E-state index contributed by atoms with van der Waals surface area (Å²) >= 11 is 7.71. The monoisotopic (exact) mass is 455 g/mol. The number of halogens is 2. The molecule has 0 spiro atoms. The zero-order chi connectivity index (χ0) is 21.8. The predicted octanol–water partition coefficient (Wildman–Crippen LogP) is 5.56. The third-order valence-electron chi connectivity index (χ3n) is 4.68. The van der Waals surface area contributed by atoms with Crippen molar-refractivity contribution in [2.24, 2.45) is 0 Å². The number of rotatable bonds is 7. The number of benzene rings is 3. The normalized spacial score (nSPS) is 12.0. The molecule has 1 N–H and O–H groups in total. The second kappa shape index (κ2) is 9.51. The van der Waals surface area contributed by atoms with Crippen LogP contribution in [0.4, 0.5) is 4.39 Å². The molecular weight excluding hydrogens is 437 g/mol.